The van der Waals surface area contributed by atoms with E-state index in [2.05, 4.69) is 53.2 Å². The molecular weight excluding hydrogens is 336 g/mol. The molecule has 0 N–H and O–H groups in total. The van der Waals surface area contributed by atoms with E-state index in [0.717, 1.165) is 62.4 Å². The first-order valence-electron chi connectivity index (χ1n) is 9.99. The first-order chi connectivity index (χ1) is 13.1. The Kier molecular flexibility index (Phi) is 6.43. The van der Waals surface area contributed by atoms with Gasteiger partial charge in [0.2, 0.25) is 5.91 Å². The minimum absolute atomic E-state index is 0.0548. The number of hydrogen-bond acceptors (Lipinski definition) is 4. The van der Waals surface area contributed by atoms with E-state index in [-0.39, 0.29) is 11.8 Å². The minimum Gasteiger partial charge on any atom is -0.354 e. The van der Waals surface area contributed by atoms with Crippen LogP contribution in [0.1, 0.15) is 38.2 Å². The van der Waals surface area contributed by atoms with Gasteiger partial charge < -0.3 is 9.80 Å². The van der Waals surface area contributed by atoms with E-state index in [0.29, 0.717) is 0 Å². The molecule has 0 spiro atoms. The largest absolute Gasteiger partial charge is 0.354 e. The van der Waals surface area contributed by atoms with Gasteiger partial charge in [-0.3, -0.25) is 4.79 Å². The summed E-state index contributed by atoms with van der Waals surface area (Å²) in [5, 5.41) is 8.85. The molecule has 144 valence electrons. The molecule has 0 unspecified atom stereocenters. The molecule has 1 aromatic heterocycles. The van der Waals surface area contributed by atoms with Crippen molar-refractivity contribution >= 4 is 11.7 Å². The lowest BCUT2D eigenvalue weighted by molar-refractivity contribution is -0.134. The summed E-state index contributed by atoms with van der Waals surface area (Å²) in [4.78, 5) is 16.8. The van der Waals surface area contributed by atoms with Crippen LogP contribution in [0.5, 0.6) is 0 Å². The molecule has 0 bridgehead atoms. The van der Waals surface area contributed by atoms with Gasteiger partial charge in [-0.2, -0.15) is 0 Å². The highest BCUT2D eigenvalue weighted by atomic mass is 16.2. The van der Waals surface area contributed by atoms with Crippen molar-refractivity contribution in [3.8, 4) is 11.3 Å². The van der Waals surface area contributed by atoms with Crippen LogP contribution in [0.25, 0.3) is 11.3 Å². The van der Waals surface area contributed by atoms with Crippen LogP contribution < -0.4 is 4.90 Å². The van der Waals surface area contributed by atoms with E-state index >= 15 is 0 Å². The van der Waals surface area contributed by atoms with Crippen molar-refractivity contribution in [1.29, 1.82) is 0 Å². The van der Waals surface area contributed by atoms with Gasteiger partial charge in [-0.05, 0) is 38.3 Å². The third kappa shape index (κ3) is 4.85. The molecule has 0 aliphatic carbocycles. The Morgan fingerprint density at radius 2 is 1.96 bits per heavy atom. The number of unbranched alkanes of at least 4 members (excludes halogenated alkanes) is 1. The monoisotopic (exact) mass is 366 g/mol. The topological polar surface area (TPSA) is 49.3 Å². The molecule has 0 saturated carbocycles. The molecule has 1 saturated heterocycles. The van der Waals surface area contributed by atoms with Crippen LogP contribution in [0.4, 0.5) is 5.82 Å². The average molecular weight is 367 g/mol. The maximum atomic E-state index is 12.7. The minimum atomic E-state index is 0.0548. The van der Waals surface area contributed by atoms with Crippen LogP contribution in [-0.4, -0.2) is 47.7 Å². The highest BCUT2D eigenvalue weighted by Crippen LogP contribution is 2.24. The molecule has 27 heavy (non-hydrogen) atoms. The number of hydrogen-bond donors (Lipinski definition) is 0. The summed E-state index contributed by atoms with van der Waals surface area (Å²) < 4.78 is 0. The molecule has 2 aromatic rings. The van der Waals surface area contributed by atoms with Crippen LogP contribution in [0.3, 0.4) is 0 Å². The van der Waals surface area contributed by atoms with Gasteiger partial charge in [0.15, 0.2) is 5.82 Å². The molecule has 5 nitrogen and oxygen atoms in total. The Labute approximate surface area is 162 Å². The number of anilines is 1. The van der Waals surface area contributed by atoms with Gasteiger partial charge in [0.25, 0.3) is 0 Å². The first kappa shape index (κ1) is 19.3. The number of rotatable bonds is 6. The van der Waals surface area contributed by atoms with E-state index < -0.39 is 0 Å². The van der Waals surface area contributed by atoms with E-state index in [4.69, 9.17) is 0 Å². The second kappa shape index (κ2) is 8.98. The summed E-state index contributed by atoms with van der Waals surface area (Å²) in [5.74, 6) is 1.18. The number of piperidine rings is 1. The Balaban J connectivity index is 1.65. The Morgan fingerprint density at radius 3 is 2.63 bits per heavy atom. The summed E-state index contributed by atoms with van der Waals surface area (Å²) in [6, 6.07) is 12.4. The van der Waals surface area contributed by atoms with E-state index in [1.54, 1.807) is 0 Å². The van der Waals surface area contributed by atoms with Gasteiger partial charge >= 0.3 is 0 Å². The zero-order valence-electron chi connectivity index (χ0n) is 16.7. The number of carbonyl (C=O) groups is 1. The van der Waals surface area contributed by atoms with Gasteiger partial charge in [-0.15, -0.1) is 10.2 Å². The molecule has 1 aliphatic heterocycles. The van der Waals surface area contributed by atoms with Crippen molar-refractivity contribution in [2.75, 3.05) is 31.6 Å². The number of benzene rings is 1. The van der Waals surface area contributed by atoms with Gasteiger partial charge in [0.1, 0.15) is 0 Å². The van der Waals surface area contributed by atoms with E-state index in [1.165, 1.54) is 5.56 Å². The lowest BCUT2D eigenvalue weighted by atomic mass is 9.96. The van der Waals surface area contributed by atoms with Crippen molar-refractivity contribution in [3.05, 3.63) is 42.0 Å². The van der Waals surface area contributed by atoms with E-state index in [9.17, 15) is 4.79 Å². The van der Waals surface area contributed by atoms with Crippen LogP contribution in [-0.2, 0) is 4.79 Å². The maximum absolute atomic E-state index is 12.7. The number of nitrogens with zero attached hydrogens (tertiary/aromatic N) is 4. The zero-order chi connectivity index (χ0) is 19.2. The average Bonchev–Trinajstić information content (AvgIpc) is 2.72. The molecule has 1 aliphatic rings. The fourth-order valence-electron chi connectivity index (χ4n) is 3.58. The predicted molar refractivity (Wildman–Crippen MR) is 110 cm³/mol. The summed E-state index contributed by atoms with van der Waals surface area (Å²) >= 11 is 0. The fourth-order valence-corrected chi connectivity index (χ4v) is 3.58. The Hall–Kier alpha value is -2.43. The SMILES string of the molecule is CCCCN(C)C(=O)[C@@H]1CCCN(c2ccc(-c3ccc(C)cc3)nn2)C1. The van der Waals surface area contributed by atoms with Gasteiger partial charge in [0, 0.05) is 32.2 Å². The summed E-state index contributed by atoms with van der Waals surface area (Å²) in [6.07, 6.45) is 4.14. The first-order valence-corrected chi connectivity index (χ1v) is 9.99. The molecule has 1 amide bonds. The van der Waals surface area contributed by atoms with Crippen molar-refractivity contribution in [2.24, 2.45) is 5.92 Å². The second-order valence-electron chi connectivity index (χ2n) is 7.54. The van der Waals surface area contributed by atoms with Crippen LogP contribution in [0.2, 0.25) is 0 Å². The molecule has 1 aromatic carbocycles. The standard InChI is InChI=1S/C22H30N4O/c1-4-5-14-25(3)22(27)19-7-6-15-26(16-19)21-13-12-20(23-24-21)18-10-8-17(2)9-11-18/h8-13,19H,4-7,14-16H2,1-3H3/t19-/m1/s1. The smallest absolute Gasteiger partial charge is 0.227 e. The van der Waals surface area contributed by atoms with Crippen LogP contribution in [0.15, 0.2) is 36.4 Å². The molecule has 0 radical (unpaired) electrons. The number of aryl methyl sites for hydroxylation is 1. The Morgan fingerprint density at radius 1 is 1.19 bits per heavy atom. The van der Waals surface area contributed by atoms with Gasteiger partial charge in [-0.25, -0.2) is 0 Å². The lowest BCUT2D eigenvalue weighted by Gasteiger charge is -2.34. The summed E-state index contributed by atoms with van der Waals surface area (Å²) in [6.45, 7) is 6.73. The van der Waals surface area contributed by atoms with Crippen molar-refractivity contribution in [1.82, 2.24) is 15.1 Å². The van der Waals surface area contributed by atoms with Crippen molar-refractivity contribution in [3.63, 3.8) is 0 Å². The summed E-state index contributed by atoms with van der Waals surface area (Å²) in [7, 11) is 1.92. The highest BCUT2D eigenvalue weighted by Gasteiger charge is 2.28. The maximum Gasteiger partial charge on any atom is 0.227 e. The number of aromatic nitrogens is 2. The normalized spacial score (nSPS) is 17.0. The molecule has 2 heterocycles. The van der Waals surface area contributed by atoms with E-state index in [1.807, 2.05) is 24.1 Å². The third-order valence-electron chi connectivity index (χ3n) is 5.32. The van der Waals surface area contributed by atoms with Crippen LogP contribution >= 0.6 is 0 Å². The molecule has 5 heteroatoms. The number of amides is 1. The Bertz CT molecular complexity index is 742. The molecular formula is C22H30N4O. The lowest BCUT2D eigenvalue weighted by Crippen LogP contribution is -2.44. The van der Waals surface area contributed by atoms with Crippen LogP contribution in [0, 0.1) is 12.8 Å². The van der Waals surface area contributed by atoms with Gasteiger partial charge in [-0.1, -0.05) is 43.2 Å². The molecule has 1 atom stereocenters. The molecule has 1 fully saturated rings. The molecule has 3 rings (SSSR count). The second-order valence-corrected chi connectivity index (χ2v) is 7.54. The number of carbonyl (C=O) groups excluding carboxylic acids is 1. The van der Waals surface area contributed by atoms with Crippen molar-refractivity contribution < 1.29 is 4.79 Å². The predicted octanol–water partition coefficient (Wildman–Crippen LogP) is 3.93. The third-order valence-corrected chi connectivity index (χ3v) is 5.32. The zero-order valence-corrected chi connectivity index (χ0v) is 16.7. The summed E-state index contributed by atoms with van der Waals surface area (Å²) in [5.41, 5.74) is 3.18. The quantitative estimate of drug-likeness (QED) is 0.777. The van der Waals surface area contributed by atoms with Gasteiger partial charge in [0.05, 0.1) is 11.6 Å². The highest BCUT2D eigenvalue weighted by molar-refractivity contribution is 5.79. The van der Waals surface area contributed by atoms with Crippen molar-refractivity contribution in [2.45, 2.75) is 39.5 Å². The fraction of sp³-hybridized carbons (Fsp3) is 0.500.